The predicted octanol–water partition coefficient (Wildman–Crippen LogP) is 4.16. The molecule has 1 aliphatic carbocycles. The molecule has 0 aromatic carbocycles. The molecule has 0 spiro atoms. The number of hydrogen-bond acceptors (Lipinski definition) is 8. The number of nitrogens with zero attached hydrogens (tertiary/aromatic N) is 6. The summed E-state index contributed by atoms with van der Waals surface area (Å²) >= 11 is 0. The SMILES string of the molecule is CN=Nc1ccc(-c2ccn3nc(NC4CCC(C)(OC)CC4)nc(N)c23)nc1C. The maximum absolute atomic E-state index is 6.33. The van der Waals surface area contributed by atoms with Gasteiger partial charge in [-0.25, -0.2) is 4.52 Å². The molecule has 9 heteroatoms. The first kappa shape index (κ1) is 20.2. The Labute approximate surface area is 175 Å². The van der Waals surface area contributed by atoms with Crippen molar-refractivity contribution in [1.29, 1.82) is 0 Å². The highest BCUT2D eigenvalue weighted by Gasteiger charge is 2.31. The number of pyridine rings is 1. The fourth-order valence-electron chi connectivity index (χ4n) is 4.00. The fourth-order valence-corrected chi connectivity index (χ4v) is 4.00. The number of azo groups is 1. The summed E-state index contributed by atoms with van der Waals surface area (Å²) in [5.74, 6) is 0.956. The summed E-state index contributed by atoms with van der Waals surface area (Å²) in [6, 6.07) is 6.08. The Bertz CT molecular complexity index is 1080. The van der Waals surface area contributed by atoms with Crippen molar-refractivity contribution < 1.29 is 4.74 Å². The van der Waals surface area contributed by atoms with Crippen molar-refractivity contribution in [2.45, 2.75) is 51.2 Å². The number of anilines is 2. The van der Waals surface area contributed by atoms with Crippen molar-refractivity contribution in [3.05, 3.63) is 30.1 Å². The van der Waals surface area contributed by atoms with Crippen molar-refractivity contribution in [1.82, 2.24) is 19.6 Å². The average Bonchev–Trinajstić information content (AvgIpc) is 3.16. The summed E-state index contributed by atoms with van der Waals surface area (Å²) in [5.41, 5.74) is 10.3. The van der Waals surface area contributed by atoms with E-state index in [0.29, 0.717) is 17.8 Å². The molecule has 3 N–H and O–H groups in total. The van der Waals surface area contributed by atoms with Gasteiger partial charge in [0.2, 0.25) is 5.95 Å². The minimum atomic E-state index is -0.0312. The monoisotopic (exact) mass is 408 g/mol. The summed E-state index contributed by atoms with van der Waals surface area (Å²) in [6.45, 7) is 4.07. The Morgan fingerprint density at radius 3 is 2.67 bits per heavy atom. The Morgan fingerprint density at radius 1 is 1.23 bits per heavy atom. The second kappa shape index (κ2) is 7.98. The van der Waals surface area contributed by atoms with Crippen LogP contribution in [0.4, 0.5) is 17.5 Å². The number of rotatable bonds is 5. The van der Waals surface area contributed by atoms with Gasteiger partial charge in [-0.05, 0) is 57.7 Å². The molecule has 3 aromatic rings. The summed E-state index contributed by atoms with van der Waals surface area (Å²) in [7, 11) is 3.43. The summed E-state index contributed by atoms with van der Waals surface area (Å²) in [4.78, 5) is 9.18. The zero-order chi connectivity index (χ0) is 21.3. The number of nitrogen functional groups attached to an aromatic ring is 1. The zero-order valence-electron chi connectivity index (χ0n) is 17.9. The van der Waals surface area contributed by atoms with E-state index >= 15 is 0 Å². The average molecular weight is 409 g/mol. The molecule has 1 aliphatic rings. The molecule has 0 amide bonds. The Morgan fingerprint density at radius 2 is 2.00 bits per heavy atom. The second-order valence-electron chi connectivity index (χ2n) is 8.02. The lowest BCUT2D eigenvalue weighted by molar-refractivity contribution is -0.0253. The van der Waals surface area contributed by atoms with Crippen molar-refractivity contribution >= 4 is 23.0 Å². The first-order valence-corrected chi connectivity index (χ1v) is 10.2. The molecule has 3 heterocycles. The molecule has 0 unspecified atom stereocenters. The van der Waals surface area contributed by atoms with Crippen LogP contribution in [-0.2, 0) is 4.74 Å². The van der Waals surface area contributed by atoms with Crippen molar-refractivity contribution in [2.24, 2.45) is 10.2 Å². The molecule has 0 bridgehead atoms. The van der Waals surface area contributed by atoms with Gasteiger partial charge in [-0.15, -0.1) is 5.10 Å². The van der Waals surface area contributed by atoms with E-state index in [1.54, 1.807) is 18.7 Å². The van der Waals surface area contributed by atoms with Crippen molar-refractivity contribution in [2.75, 3.05) is 25.2 Å². The van der Waals surface area contributed by atoms with E-state index in [9.17, 15) is 0 Å². The number of ether oxygens (including phenoxy) is 1. The maximum Gasteiger partial charge on any atom is 0.243 e. The van der Waals surface area contributed by atoms with Gasteiger partial charge in [-0.3, -0.25) is 4.98 Å². The molecule has 9 nitrogen and oxygen atoms in total. The van der Waals surface area contributed by atoms with Crippen LogP contribution in [0.15, 0.2) is 34.6 Å². The van der Waals surface area contributed by atoms with Gasteiger partial charge in [-0.2, -0.15) is 15.2 Å². The van der Waals surface area contributed by atoms with E-state index in [1.165, 1.54) is 0 Å². The second-order valence-corrected chi connectivity index (χ2v) is 8.02. The molecular weight excluding hydrogens is 380 g/mol. The van der Waals surface area contributed by atoms with Gasteiger partial charge in [0.1, 0.15) is 11.2 Å². The van der Waals surface area contributed by atoms with E-state index in [0.717, 1.165) is 53.8 Å². The molecular formula is C21H28N8O. The van der Waals surface area contributed by atoms with Crippen LogP contribution in [0.1, 0.15) is 38.3 Å². The molecule has 1 fully saturated rings. The molecule has 0 aliphatic heterocycles. The van der Waals surface area contributed by atoms with Gasteiger partial charge in [0.15, 0.2) is 5.82 Å². The zero-order valence-corrected chi connectivity index (χ0v) is 17.9. The van der Waals surface area contributed by atoms with Crippen LogP contribution in [0.5, 0.6) is 0 Å². The lowest BCUT2D eigenvalue weighted by Crippen LogP contribution is -2.37. The number of nitrogens with one attached hydrogen (secondary N) is 1. The minimum absolute atomic E-state index is 0.0312. The third-order valence-corrected chi connectivity index (χ3v) is 5.95. The highest BCUT2D eigenvalue weighted by Crippen LogP contribution is 2.33. The van der Waals surface area contributed by atoms with E-state index in [4.69, 9.17) is 10.5 Å². The summed E-state index contributed by atoms with van der Waals surface area (Å²) in [5, 5.41) is 16.0. The first-order chi connectivity index (χ1) is 14.4. The summed E-state index contributed by atoms with van der Waals surface area (Å²) < 4.78 is 7.39. The highest BCUT2D eigenvalue weighted by molar-refractivity contribution is 5.86. The largest absolute Gasteiger partial charge is 0.382 e. The van der Waals surface area contributed by atoms with Gasteiger partial charge >= 0.3 is 0 Å². The quantitative estimate of drug-likeness (QED) is 0.613. The Kier molecular flexibility index (Phi) is 5.38. The van der Waals surface area contributed by atoms with Crippen LogP contribution in [0, 0.1) is 6.92 Å². The van der Waals surface area contributed by atoms with Gasteiger partial charge in [0.25, 0.3) is 0 Å². The number of fused-ring (bicyclic) bond motifs is 1. The minimum Gasteiger partial charge on any atom is -0.382 e. The molecule has 0 saturated heterocycles. The van der Waals surface area contributed by atoms with E-state index in [-0.39, 0.29) is 5.60 Å². The van der Waals surface area contributed by atoms with Crippen LogP contribution < -0.4 is 11.1 Å². The van der Waals surface area contributed by atoms with Crippen molar-refractivity contribution in [3.8, 4) is 11.3 Å². The third-order valence-electron chi connectivity index (χ3n) is 5.95. The number of nitrogens with two attached hydrogens (primary N) is 1. The molecule has 3 aromatic heterocycles. The molecule has 4 rings (SSSR count). The molecule has 30 heavy (non-hydrogen) atoms. The van der Waals surface area contributed by atoms with Gasteiger partial charge in [0.05, 0.1) is 17.0 Å². The van der Waals surface area contributed by atoms with Crippen LogP contribution in [0.2, 0.25) is 0 Å². The predicted molar refractivity (Wildman–Crippen MR) is 117 cm³/mol. The molecule has 158 valence electrons. The van der Waals surface area contributed by atoms with Crippen LogP contribution in [-0.4, -0.2) is 45.4 Å². The Balaban J connectivity index is 1.59. The number of aromatic nitrogens is 4. The molecule has 0 atom stereocenters. The van der Waals surface area contributed by atoms with Gasteiger partial charge in [0, 0.05) is 32.0 Å². The van der Waals surface area contributed by atoms with Gasteiger partial charge < -0.3 is 15.8 Å². The number of methoxy groups -OCH3 is 1. The maximum atomic E-state index is 6.33. The van der Waals surface area contributed by atoms with E-state index < -0.39 is 0 Å². The van der Waals surface area contributed by atoms with Gasteiger partial charge in [-0.1, -0.05) is 0 Å². The van der Waals surface area contributed by atoms with E-state index in [2.05, 4.69) is 37.5 Å². The standard InChI is InChI=1S/C21H28N8O/c1-13-16(27-23-3)5-6-17(24-13)15-9-12-29-18(15)19(22)26-20(28-29)25-14-7-10-21(2,30-4)11-8-14/h5-6,9,12,14H,7-8,10-11H2,1-4H3,(H3,22,25,26,28). The number of hydrogen-bond donors (Lipinski definition) is 2. The molecule has 0 radical (unpaired) electrons. The summed E-state index contributed by atoms with van der Waals surface area (Å²) in [6.07, 6.45) is 5.91. The first-order valence-electron chi connectivity index (χ1n) is 10.2. The Hall–Kier alpha value is -3.07. The molecule has 1 saturated carbocycles. The lowest BCUT2D eigenvalue weighted by atomic mass is 9.83. The normalized spacial score (nSPS) is 22.1. The fraction of sp³-hybridized carbons (Fsp3) is 0.476. The van der Waals surface area contributed by atoms with E-state index in [1.807, 2.05) is 31.3 Å². The lowest BCUT2D eigenvalue weighted by Gasteiger charge is -2.36. The van der Waals surface area contributed by atoms with Crippen LogP contribution in [0.25, 0.3) is 16.8 Å². The highest BCUT2D eigenvalue weighted by atomic mass is 16.5. The smallest absolute Gasteiger partial charge is 0.243 e. The topological polar surface area (TPSA) is 115 Å². The third kappa shape index (κ3) is 3.85. The van der Waals surface area contributed by atoms with Crippen molar-refractivity contribution in [3.63, 3.8) is 0 Å². The van der Waals surface area contributed by atoms with Crippen LogP contribution >= 0.6 is 0 Å². The van der Waals surface area contributed by atoms with Crippen LogP contribution in [0.3, 0.4) is 0 Å². The number of aryl methyl sites for hydroxylation is 1.